The lowest BCUT2D eigenvalue weighted by molar-refractivity contribution is 0.0696. The van der Waals surface area contributed by atoms with Crippen molar-refractivity contribution in [1.29, 1.82) is 0 Å². The van der Waals surface area contributed by atoms with Crippen molar-refractivity contribution in [1.82, 2.24) is 4.72 Å². The molecule has 0 spiro atoms. The predicted molar refractivity (Wildman–Crippen MR) is 70.1 cm³/mol. The summed E-state index contributed by atoms with van der Waals surface area (Å²) in [4.78, 5) is 10.6. The Morgan fingerprint density at radius 2 is 2.16 bits per heavy atom. The second-order valence-corrected chi connectivity index (χ2v) is 6.02. The summed E-state index contributed by atoms with van der Waals surface area (Å²) < 4.78 is 31.3. The second kappa shape index (κ2) is 6.33. The molecule has 6 nitrogen and oxygen atoms in total. The van der Waals surface area contributed by atoms with Gasteiger partial charge in [-0.15, -0.1) is 0 Å². The van der Waals surface area contributed by atoms with Gasteiger partial charge in [0.25, 0.3) is 0 Å². The third kappa shape index (κ3) is 4.17. The van der Waals surface area contributed by atoms with Crippen molar-refractivity contribution in [2.45, 2.75) is 17.9 Å². The summed E-state index contributed by atoms with van der Waals surface area (Å²) in [5, 5.41) is 8.81. The zero-order valence-corrected chi connectivity index (χ0v) is 12.0. The lowest BCUT2D eigenvalue weighted by atomic mass is 10.2. The zero-order chi connectivity index (χ0) is 14.6. The fraction of sp³-hybridized carbons (Fsp3) is 0.364. The molecule has 0 amide bonds. The number of carboxylic acid groups (broad SMARTS) is 1. The molecule has 0 aliphatic heterocycles. The van der Waals surface area contributed by atoms with E-state index in [0.29, 0.717) is 0 Å². The monoisotopic (exact) mass is 307 g/mol. The van der Waals surface area contributed by atoms with Gasteiger partial charge >= 0.3 is 5.97 Å². The molecule has 1 aromatic rings. The number of hydrogen-bond donors (Lipinski definition) is 2. The average Bonchev–Trinajstić information content (AvgIpc) is 2.28. The number of rotatable bonds is 6. The molecule has 0 saturated heterocycles. The molecule has 0 heterocycles. The van der Waals surface area contributed by atoms with Crippen LogP contribution < -0.4 is 4.72 Å². The number of carboxylic acids is 1. The van der Waals surface area contributed by atoms with Crippen LogP contribution in [-0.4, -0.2) is 39.3 Å². The largest absolute Gasteiger partial charge is 0.478 e. The van der Waals surface area contributed by atoms with Crippen LogP contribution in [0.3, 0.4) is 0 Å². The number of carbonyl (C=O) groups is 1. The van der Waals surface area contributed by atoms with Gasteiger partial charge in [0.1, 0.15) is 4.90 Å². The minimum Gasteiger partial charge on any atom is -0.478 e. The van der Waals surface area contributed by atoms with Gasteiger partial charge in [-0.2, -0.15) is 0 Å². The Morgan fingerprint density at radius 1 is 1.53 bits per heavy atom. The third-order valence-corrected chi connectivity index (χ3v) is 4.31. The van der Waals surface area contributed by atoms with Crippen molar-refractivity contribution in [3.8, 4) is 0 Å². The molecule has 0 aliphatic carbocycles. The zero-order valence-electron chi connectivity index (χ0n) is 10.4. The van der Waals surface area contributed by atoms with Gasteiger partial charge in [0, 0.05) is 13.2 Å². The number of aromatic carboxylic acids is 1. The molecule has 1 rings (SSSR count). The van der Waals surface area contributed by atoms with Crippen molar-refractivity contribution in [3.05, 3.63) is 28.8 Å². The Bertz CT molecular complexity index is 572. The summed E-state index contributed by atoms with van der Waals surface area (Å²) in [5.41, 5.74) is -0.149. The summed E-state index contributed by atoms with van der Waals surface area (Å²) >= 11 is 5.80. The summed E-state index contributed by atoms with van der Waals surface area (Å²) in [6, 6.07) is 3.04. The Morgan fingerprint density at radius 3 is 2.68 bits per heavy atom. The van der Waals surface area contributed by atoms with Gasteiger partial charge in [0.05, 0.1) is 17.2 Å². The molecule has 2 N–H and O–H groups in total. The first-order valence-electron chi connectivity index (χ1n) is 5.32. The van der Waals surface area contributed by atoms with Crippen molar-refractivity contribution >= 4 is 27.6 Å². The molecule has 0 bridgehead atoms. The maximum atomic E-state index is 12.1. The minimum absolute atomic E-state index is 0.0397. The maximum absolute atomic E-state index is 12.1. The van der Waals surface area contributed by atoms with Crippen LogP contribution >= 0.6 is 11.6 Å². The highest BCUT2D eigenvalue weighted by Crippen LogP contribution is 2.22. The number of hydrogen-bond acceptors (Lipinski definition) is 4. The van der Waals surface area contributed by atoms with E-state index in [0.717, 1.165) is 6.07 Å². The van der Waals surface area contributed by atoms with E-state index in [4.69, 9.17) is 21.4 Å². The molecule has 0 radical (unpaired) electrons. The van der Waals surface area contributed by atoms with Crippen LogP contribution in [0, 0.1) is 0 Å². The quantitative estimate of drug-likeness (QED) is 0.827. The number of sulfonamides is 1. The lowest BCUT2D eigenvalue weighted by Gasteiger charge is -2.14. The molecule has 8 heteroatoms. The van der Waals surface area contributed by atoms with E-state index in [1.165, 1.54) is 19.2 Å². The topological polar surface area (TPSA) is 92.7 Å². The molecule has 0 unspecified atom stereocenters. The van der Waals surface area contributed by atoms with Crippen molar-refractivity contribution in [2.75, 3.05) is 13.7 Å². The van der Waals surface area contributed by atoms with Crippen molar-refractivity contribution in [2.24, 2.45) is 0 Å². The first-order chi connectivity index (χ1) is 8.77. The molecule has 1 atom stereocenters. The van der Waals surface area contributed by atoms with Gasteiger partial charge in [-0.25, -0.2) is 17.9 Å². The average molecular weight is 308 g/mol. The lowest BCUT2D eigenvalue weighted by Crippen LogP contribution is -2.35. The Hall–Kier alpha value is -1.15. The van der Waals surface area contributed by atoms with E-state index in [-0.39, 0.29) is 22.1 Å². The first-order valence-corrected chi connectivity index (χ1v) is 7.18. The van der Waals surface area contributed by atoms with Crippen LogP contribution in [0.15, 0.2) is 23.1 Å². The van der Waals surface area contributed by atoms with Crippen molar-refractivity contribution < 1.29 is 23.1 Å². The summed E-state index contributed by atoms with van der Waals surface area (Å²) in [5.74, 6) is -1.22. The Labute approximate surface area is 116 Å². The standard InChI is InChI=1S/C11H14ClNO5S/c1-7(6-18-2)13-19(16,17)10-5-8(11(14)15)3-4-9(10)12/h3-5,7,13H,6H2,1-2H3,(H,14,15)/t7-/m0/s1. The first kappa shape index (κ1) is 15.9. The molecule has 0 aromatic heterocycles. The van der Waals surface area contributed by atoms with Gasteiger partial charge in [-0.05, 0) is 25.1 Å². The highest BCUT2D eigenvalue weighted by Gasteiger charge is 2.22. The van der Waals surface area contributed by atoms with Crippen molar-refractivity contribution in [3.63, 3.8) is 0 Å². The van der Waals surface area contributed by atoms with Crippen LogP contribution in [0.25, 0.3) is 0 Å². The van der Waals surface area contributed by atoms with Crippen LogP contribution in [-0.2, 0) is 14.8 Å². The van der Waals surface area contributed by atoms with E-state index in [9.17, 15) is 13.2 Å². The molecule has 0 aliphatic rings. The van der Waals surface area contributed by atoms with Gasteiger partial charge in [-0.3, -0.25) is 0 Å². The van der Waals surface area contributed by atoms with E-state index in [2.05, 4.69) is 4.72 Å². The number of ether oxygens (including phenoxy) is 1. The molecule has 106 valence electrons. The highest BCUT2D eigenvalue weighted by molar-refractivity contribution is 7.89. The predicted octanol–water partition coefficient (Wildman–Crippen LogP) is 1.35. The fourth-order valence-corrected chi connectivity index (χ4v) is 3.21. The summed E-state index contributed by atoms with van der Waals surface area (Å²) in [7, 11) is -2.45. The van der Waals surface area contributed by atoms with Gasteiger partial charge in [-0.1, -0.05) is 11.6 Å². The SMILES string of the molecule is COC[C@H](C)NS(=O)(=O)c1cc(C(=O)O)ccc1Cl. The summed E-state index contributed by atoms with van der Waals surface area (Å²) in [6.07, 6.45) is 0. The van der Waals surface area contributed by atoms with E-state index in [1.54, 1.807) is 6.92 Å². The highest BCUT2D eigenvalue weighted by atomic mass is 35.5. The Balaban J connectivity index is 3.13. The maximum Gasteiger partial charge on any atom is 0.335 e. The van der Waals surface area contributed by atoms with Gasteiger partial charge < -0.3 is 9.84 Å². The number of methoxy groups -OCH3 is 1. The minimum atomic E-state index is -3.89. The van der Waals surface area contributed by atoms with E-state index < -0.39 is 22.0 Å². The van der Waals surface area contributed by atoms with Crippen LogP contribution in [0.1, 0.15) is 17.3 Å². The fourth-order valence-electron chi connectivity index (χ4n) is 1.45. The van der Waals surface area contributed by atoms with E-state index >= 15 is 0 Å². The summed E-state index contributed by atoms with van der Waals surface area (Å²) in [6.45, 7) is 1.81. The second-order valence-electron chi connectivity index (χ2n) is 3.93. The molecular weight excluding hydrogens is 294 g/mol. The van der Waals surface area contributed by atoms with E-state index in [1.807, 2.05) is 0 Å². The molecule has 1 aromatic carbocycles. The molecule has 0 saturated carbocycles. The van der Waals surface area contributed by atoms with Gasteiger partial charge in [0.2, 0.25) is 10.0 Å². The van der Waals surface area contributed by atoms with Crippen LogP contribution in [0.5, 0.6) is 0 Å². The number of halogens is 1. The smallest absolute Gasteiger partial charge is 0.335 e. The number of benzene rings is 1. The third-order valence-electron chi connectivity index (χ3n) is 2.24. The van der Waals surface area contributed by atoms with Gasteiger partial charge in [0.15, 0.2) is 0 Å². The van der Waals surface area contributed by atoms with Crippen LogP contribution in [0.4, 0.5) is 0 Å². The molecular formula is C11H14ClNO5S. The Kier molecular flexibility index (Phi) is 5.30. The number of nitrogens with one attached hydrogen (secondary N) is 1. The molecule has 19 heavy (non-hydrogen) atoms. The molecule has 0 fully saturated rings. The normalized spacial score (nSPS) is 13.2. The van der Waals surface area contributed by atoms with Crippen LogP contribution in [0.2, 0.25) is 5.02 Å².